The van der Waals surface area contributed by atoms with E-state index in [-0.39, 0.29) is 29.5 Å². The third kappa shape index (κ3) is 3.92. The Kier molecular flexibility index (Phi) is 4.98. The number of para-hydroxylation sites is 1. The number of piperidine rings is 1. The summed E-state index contributed by atoms with van der Waals surface area (Å²) in [6, 6.07) is 8.17. The molecule has 1 unspecified atom stereocenters. The number of quaternary nitrogens is 1. The number of hydrogen-bond acceptors (Lipinski definition) is 5. The molecule has 0 spiro atoms. The number of carbonyl (C=O) groups is 1. The van der Waals surface area contributed by atoms with E-state index in [1.807, 2.05) is 18.2 Å². The average Bonchev–Trinajstić information content (AvgIpc) is 3.18. The maximum atomic E-state index is 12.5. The SMILES string of the molecule is O=C(C[NH+]1CCCC[C@H]1c1nc2ccccc2s1)N[C@@H]1CCS(=O)(=O)C1. The van der Waals surface area contributed by atoms with E-state index in [0.717, 1.165) is 36.3 Å². The van der Waals surface area contributed by atoms with Crippen LogP contribution >= 0.6 is 11.3 Å². The average molecular weight is 395 g/mol. The molecule has 3 heterocycles. The van der Waals surface area contributed by atoms with Crippen molar-refractivity contribution in [2.45, 2.75) is 37.8 Å². The van der Waals surface area contributed by atoms with Gasteiger partial charge >= 0.3 is 0 Å². The number of fused-ring (bicyclic) bond motifs is 1. The number of nitrogens with zero attached hydrogens (tertiary/aromatic N) is 1. The lowest BCUT2D eigenvalue weighted by Crippen LogP contribution is -3.14. The number of hydrogen-bond donors (Lipinski definition) is 2. The van der Waals surface area contributed by atoms with Gasteiger partial charge in [0, 0.05) is 12.5 Å². The maximum Gasteiger partial charge on any atom is 0.275 e. The van der Waals surface area contributed by atoms with E-state index < -0.39 is 9.84 Å². The molecule has 26 heavy (non-hydrogen) atoms. The Labute approximate surface area is 157 Å². The first-order valence-electron chi connectivity index (χ1n) is 9.20. The van der Waals surface area contributed by atoms with Gasteiger partial charge in [-0.3, -0.25) is 4.79 Å². The van der Waals surface area contributed by atoms with Gasteiger partial charge in [0.15, 0.2) is 21.4 Å². The lowest BCUT2D eigenvalue weighted by atomic mass is 10.0. The summed E-state index contributed by atoms with van der Waals surface area (Å²) in [4.78, 5) is 18.5. The smallest absolute Gasteiger partial charge is 0.275 e. The molecule has 3 atom stereocenters. The molecule has 2 aliphatic rings. The number of rotatable bonds is 4. The van der Waals surface area contributed by atoms with Gasteiger partial charge in [0.2, 0.25) is 0 Å². The van der Waals surface area contributed by atoms with Crippen molar-refractivity contribution < 1.29 is 18.1 Å². The first-order valence-corrected chi connectivity index (χ1v) is 11.8. The second-order valence-electron chi connectivity index (χ2n) is 7.32. The highest BCUT2D eigenvalue weighted by Crippen LogP contribution is 2.28. The van der Waals surface area contributed by atoms with E-state index in [1.165, 1.54) is 9.60 Å². The van der Waals surface area contributed by atoms with Crippen LogP contribution in [0.4, 0.5) is 0 Å². The largest absolute Gasteiger partial charge is 0.347 e. The zero-order valence-corrected chi connectivity index (χ0v) is 16.2. The first-order chi connectivity index (χ1) is 12.5. The van der Waals surface area contributed by atoms with Crippen molar-refractivity contribution in [3.63, 3.8) is 0 Å². The molecule has 1 amide bonds. The van der Waals surface area contributed by atoms with Crippen molar-refractivity contribution in [2.75, 3.05) is 24.6 Å². The van der Waals surface area contributed by atoms with Gasteiger partial charge in [-0.05, 0) is 31.4 Å². The number of aromatic nitrogens is 1. The Morgan fingerprint density at radius 2 is 2.12 bits per heavy atom. The number of benzene rings is 1. The summed E-state index contributed by atoms with van der Waals surface area (Å²) >= 11 is 1.72. The molecule has 1 aromatic carbocycles. The molecule has 0 radical (unpaired) electrons. The summed E-state index contributed by atoms with van der Waals surface area (Å²) in [5, 5.41) is 4.03. The second kappa shape index (κ2) is 7.25. The number of nitrogens with one attached hydrogen (secondary N) is 2. The monoisotopic (exact) mass is 394 g/mol. The van der Waals surface area contributed by atoms with Gasteiger partial charge in [-0.1, -0.05) is 12.1 Å². The van der Waals surface area contributed by atoms with Crippen LogP contribution < -0.4 is 10.2 Å². The molecule has 2 saturated heterocycles. The number of likely N-dealkylation sites (tertiary alicyclic amines) is 1. The zero-order chi connectivity index (χ0) is 18.1. The Balaban J connectivity index is 1.44. The summed E-state index contributed by atoms with van der Waals surface area (Å²) in [5.74, 6) is 0.216. The highest BCUT2D eigenvalue weighted by atomic mass is 32.2. The van der Waals surface area contributed by atoms with Crippen LogP contribution in [0.1, 0.15) is 36.7 Å². The standard InChI is InChI=1S/C18H23N3O3S2/c22-17(19-13-8-10-26(23,24)12-13)11-21-9-4-3-6-15(21)18-20-14-5-1-2-7-16(14)25-18/h1-2,5,7,13,15H,3-4,6,8-12H2,(H,19,22)/p+1/t13-,15+/m1/s1. The van der Waals surface area contributed by atoms with Crippen LogP contribution in [-0.4, -0.2) is 49.9 Å². The molecule has 2 N–H and O–H groups in total. The van der Waals surface area contributed by atoms with Crippen LogP contribution in [0.15, 0.2) is 24.3 Å². The van der Waals surface area contributed by atoms with E-state index >= 15 is 0 Å². The summed E-state index contributed by atoms with van der Waals surface area (Å²) in [5.41, 5.74) is 1.03. The van der Waals surface area contributed by atoms with Gasteiger partial charge in [-0.25, -0.2) is 13.4 Å². The van der Waals surface area contributed by atoms with Gasteiger partial charge in [0.05, 0.1) is 28.3 Å². The first kappa shape index (κ1) is 17.9. The van der Waals surface area contributed by atoms with Crippen LogP contribution in [0.3, 0.4) is 0 Å². The van der Waals surface area contributed by atoms with Crippen LogP contribution in [-0.2, 0) is 14.6 Å². The summed E-state index contributed by atoms with van der Waals surface area (Å²) in [6.45, 7) is 1.34. The fourth-order valence-electron chi connectivity index (χ4n) is 4.02. The molecule has 2 aromatic rings. The summed E-state index contributed by atoms with van der Waals surface area (Å²) in [6.07, 6.45) is 3.85. The molecule has 140 valence electrons. The number of carbonyl (C=O) groups excluding carboxylic acids is 1. The molecular formula is C18H24N3O3S2+. The lowest BCUT2D eigenvalue weighted by molar-refractivity contribution is -0.929. The Bertz CT molecular complexity index is 876. The van der Waals surface area contributed by atoms with Gasteiger partial charge in [0.1, 0.15) is 6.04 Å². The van der Waals surface area contributed by atoms with E-state index in [2.05, 4.69) is 11.4 Å². The lowest BCUT2D eigenvalue weighted by Gasteiger charge is -2.31. The van der Waals surface area contributed by atoms with E-state index in [4.69, 9.17) is 4.98 Å². The van der Waals surface area contributed by atoms with Crippen LogP contribution in [0.2, 0.25) is 0 Å². The summed E-state index contributed by atoms with van der Waals surface area (Å²) < 4.78 is 24.3. The predicted molar refractivity (Wildman–Crippen MR) is 102 cm³/mol. The minimum Gasteiger partial charge on any atom is -0.347 e. The number of thiazole rings is 1. The molecule has 6 nitrogen and oxygen atoms in total. The van der Waals surface area contributed by atoms with Gasteiger partial charge < -0.3 is 10.2 Å². The Morgan fingerprint density at radius 3 is 2.88 bits per heavy atom. The molecule has 1 aromatic heterocycles. The summed E-state index contributed by atoms with van der Waals surface area (Å²) in [7, 11) is -2.97. The van der Waals surface area contributed by atoms with Crippen molar-refractivity contribution in [3.05, 3.63) is 29.3 Å². The number of sulfone groups is 1. The van der Waals surface area contributed by atoms with Crippen molar-refractivity contribution in [1.82, 2.24) is 10.3 Å². The normalized spacial score (nSPS) is 28.2. The van der Waals surface area contributed by atoms with Crippen molar-refractivity contribution >= 4 is 37.3 Å². The Morgan fingerprint density at radius 1 is 1.27 bits per heavy atom. The quantitative estimate of drug-likeness (QED) is 0.800. The van der Waals surface area contributed by atoms with E-state index in [9.17, 15) is 13.2 Å². The third-order valence-electron chi connectivity index (χ3n) is 5.33. The fourth-order valence-corrected chi connectivity index (χ4v) is 6.86. The zero-order valence-electron chi connectivity index (χ0n) is 14.6. The molecule has 2 aliphatic heterocycles. The molecule has 8 heteroatoms. The predicted octanol–water partition coefficient (Wildman–Crippen LogP) is 0.709. The molecule has 0 bridgehead atoms. The van der Waals surface area contributed by atoms with Gasteiger partial charge in [-0.2, -0.15) is 0 Å². The highest BCUT2D eigenvalue weighted by molar-refractivity contribution is 7.91. The minimum atomic E-state index is -2.97. The topological polar surface area (TPSA) is 80.6 Å². The second-order valence-corrected chi connectivity index (χ2v) is 10.6. The molecule has 0 aliphatic carbocycles. The van der Waals surface area contributed by atoms with Crippen LogP contribution in [0.5, 0.6) is 0 Å². The molecule has 2 fully saturated rings. The van der Waals surface area contributed by atoms with Crippen molar-refractivity contribution in [2.24, 2.45) is 0 Å². The molecular weight excluding hydrogens is 370 g/mol. The fraction of sp³-hybridized carbons (Fsp3) is 0.556. The highest BCUT2D eigenvalue weighted by Gasteiger charge is 2.34. The minimum absolute atomic E-state index is 0.0462. The van der Waals surface area contributed by atoms with Crippen molar-refractivity contribution in [1.29, 1.82) is 0 Å². The molecule has 4 rings (SSSR count). The number of amides is 1. The van der Waals surface area contributed by atoms with E-state index in [1.54, 1.807) is 11.3 Å². The Hall–Kier alpha value is -1.51. The van der Waals surface area contributed by atoms with Crippen LogP contribution in [0, 0.1) is 0 Å². The van der Waals surface area contributed by atoms with E-state index in [0.29, 0.717) is 13.0 Å². The molecule has 0 saturated carbocycles. The van der Waals surface area contributed by atoms with Gasteiger partial charge in [0.25, 0.3) is 5.91 Å². The van der Waals surface area contributed by atoms with Gasteiger partial charge in [-0.15, -0.1) is 11.3 Å². The maximum absolute atomic E-state index is 12.5. The van der Waals surface area contributed by atoms with Crippen LogP contribution in [0.25, 0.3) is 10.2 Å². The van der Waals surface area contributed by atoms with Crippen molar-refractivity contribution in [3.8, 4) is 0 Å². The third-order valence-corrected chi connectivity index (χ3v) is 8.25.